The summed E-state index contributed by atoms with van der Waals surface area (Å²) < 4.78 is 5.22. The zero-order valence-electron chi connectivity index (χ0n) is 12.5. The van der Waals surface area contributed by atoms with Crippen molar-refractivity contribution in [2.75, 3.05) is 6.61 Å². The normalized spacial score (nSPS) is 11.6. The van der Waals surface area contributed by atoms with E-state index in [1.54, 1.807) is 0 Å². The van der Waals surface area contributed by atoms with Crippen LogP contribution in [0.15, 0.2) is 11.6 Å². The number of unbranched alkanes of at least 4 members (excludes halogenated alkanes) is 7. The van der Waals surface area contributed by atoms with E-state index in [9.17, 15) is 4.79 Å². The molecule has 2 heteroatoms. The predicted octanol–water partition coefficient (Wildman–Crippen LogP) is 5.03. The molecule has 0 rings (SSSR count). The van der Waals surface area contributed by atoms with Gasteiger partial charge in [-0.15, -0.1) is 0 Å². The lowest BCUT2D eigenvalue weighted by Crippen LogP contribution is -2.07. The zero-order valence-corrected chi connectivity index (χ0v) is 12.5. The first-order valence-electron chi connectivity index (χ1n) is 7.56. The summed E-state index contributed by atoms with van der Waals surface area (Å²) >= 11 is 0. The van der Waals surface area contributed by atoms with Gasteiger partial charge >= 0.3 is 5.97 Å². The molecule has 0 radical (unpaired) electrons. The van der Waals surface area contributed by atoms with Crippen molar-refractivity contribution in [3.63, 3.8) is 0 Å². The van der Waals surface area contributed by atoms with Crippen LogP contribution in [0.5, 0.6) is 0 Å². The van der Waals surface area contributed by atoms with Crippen molar-refractivity contribution in [2.45, 2.75) is 78.6 Å². The number of allylic oxidation sites excluding steroid dienone is 1. The minimum atomic E-state index is -0.137. The van der Waals surface area contributed by atoms with E-state index in [2.05, 4.69) is 13.8 Å². The SMILES string of the molecule is CCCCCC/C=C(\C)C(=O)OCCCCCC. The van der Waals surface area contributed by atoms with Crippen molar-refractivity contribution >= 4 is 5.97 Å². The van der Waals surface area contributed by atoms with Gasteiger partial charge < -0.3 is 4.74 Å². The molecule has 0 aliphatic carbocycles. The predicted molar refractivity (Wildman–Crippen MR) is 77.6 cm³/mol. The van der Waals surface area contributed by atoms with E-state index in [0.717, 1.165) is 24.8 Å². The monoisotopic (exact) mass is 254 g/mol. The average molecular weight is 254 g/mol. The number of carbonyl (C=O) groups excluding carboxylic acids is 1. The molecule has 0 aliphatic heterocycles. The average Bonchev–Trinajstić information content (AvgIpc) is 2.37. The maximum absolute atomic E-state index is 11.6. The number of ether oxygens (including phenoxy) is 1. The van der Waals surface area contributed by atoms with E-state index in [0.29, 0.717) is 6.61 Å². The summed E-state index contributed by atoms with van der Waals surface area (Å²) in [5.41, 5.74) is 0.766. The lowest BCUT2D eigenvalue weighted by molar-refractivity contribution is -0.139. The summed E-state index contributed by atoms with van der Waals surface area (Å²) in [6.45, 7) is 6.81. The minimum absolute atomic E-state index is 0.137. The largest absolute Gasteiger partial charge is 0.462 e. The highest BCUT2D eigenvalue weighted by molar-refractivity contribution is 5.87. The molecule has 18 heavy (non-hydrogen) atoms. The van der Waals surface area contributed by atoms with Crippen molar-refractivity contribution in [2.24, 2.45) is 0 Å². The van der Waals surface area contributed by atoms with Crippen molar-refractivity contribution in [3.05, 3.63) is 11.6 Å². The van der Waals surface area contributed by atoms with Crippen LogP contribution >= 0.6 is 0 Å². The molecule has 0 N–H and O–H groups in total. The standard InChI is InChI=1S/C16H30O2/c1-4-6-8-10-11-13-15(3)16(17)18-14-12-9-7-5-2/h13H,4-12,14H2,1-3H3/b15-13+. The van der Waals surface area contributed by atoms with Gasteiger partial charge in [0.15, 0.2) is 0 Å². The number of carbonyl (C=O) groups is 1. The summed E-state index contributed by atoms with van der Waals surface area (Å²) in [5, 5.41) is 0. The van der Waals surface area contributed by atoms with E-state index in [4.69, 9.17) is 4.74 Å². The number of hydrogen-bond donors (Lipinski definition) is 0. The van der Waals surface area contributed by atoms with Gasteiger partial charge in [-0.25, -0.2) is 4.79 Å². The first kappa shape index (κ1) is 17.2. The molecule has 0 aromatic heterocycles. The fourth-order valence-electron chi connectivity index (χ4n) is 1.78. The van der Waals surface area contributed by atoms with Crippen LogP contribution in [0.4, 0.5) is 0 Å². The van der Waals surface area contributed by atoms with E-state index >= 15 is 0 Å². The van der Waals surface area contributed by atoms with Gasteiger partial charge in [-0.3, -0.25) is 0 Å². The van der Waals surface area contributed by atoms with Crippen molar-refractivity contribution in [3.8, 4) is 0 Å². The third-order valence-corrected chi connectivity index (χ3v) is 3.06. The Labute approximate surface area is 113 Å². The van der Waals surface area contributed by atoms with Crippen LogP contribution in [-0.4, -0.2) is 12.6 Å². The van der Waals surface area contributed by atoms with Crippen molar-refractivity contribution in [1.82, 2.24) is 0 Å². The highest BCUT2D eigenvalue weighted by atomic mass is 16.5. The Morgan fingerprint density at radius 3 is 2.17 bits per heavy atom. The molecular weight excluding hydrogens is 224 g/mol. The van der Waals surface area contributed by atoms with E-state index in [-0.39, 0.29) is 5.97 Å². The molecule has 0 aromatic carbocycles. The Morgan fingerprint density at radius 1 is 0.944 bits per heavy atom. The number of esters is 1. The van der Waals surface area contributed by atoms with Gasteiger partial charge in [-0.1, -0.05) is 58.4 Å². The van der Waals surface area contributed by atoms with Gasteiger partial charge in [0.25, 0.3) is 0 Å². The Morgan fingerprint density at radius 2 is 1.56 bits per heavy atom. The second-order valence-electron chi connectivity index (χ2n) is 4.93. The van der Waals surface area contributed by atoms with Crippen LogP contribution in [0.3, 0.4) is 0 Å². The third kappa shape index (κ3) is 10.4. The maximum Gasteiger partial charge on any atom is 0.333 e. The highest BCUT2D eigenvalue weighted by Crippen LogP contribution is 2.07. The summed E-state index contributed by atoms with van der Waals surface area (Å²) in [4.78, 5) is 11.6. The molecule has 0 aromatic rings. The van der Waals surface area contributed by atoms with E-state index in [1.807, 2.05) is 13.0 Å². The fourth-order valence-corrected chi connectivity index (χ4v) is 1.78. The molecular formula is C16H30O2. The number of hydrogen-bond acceptors (Lipinski definition) is 2. The smallest absolute Gasteiger partial charge is 0.333 e. The molecule has 0 saturated carbocycles. The summed E-state index contributed by atoms with van der Waals surface area (Å²) in [7, 11) is 0. The lowest BCUT2D eigenvalue weighted by atomic mass is 10.1. The van der Waals surface area contributed by atoms with Crippen LogP contribution in [0, 0.1) is 0 Å². The summed E-state index contributed by atoms with van der Waals surface area (Å²) in [5.74, 6) is -0.137. The van der Waals surface area contributed by atoms with Crippen LogP contribution < -0.4 is 0 Å². The molecule has 0 spiro atoms. The molecule has 0 bridgehead atoms. The van der Waals surface area contributed by atoms with Gasteiger partial charge in [0, 0.05) is 5.57 Å². The molecule has 0 heterocycles. The first-order chi connectivity index (χ1) is 8.72. The molecule has 0 amide bonds. The summed E-state index contributed by atoms with van der Waals surface area (Å²) in [6, 6.07) is 0. The van der Waals surface area contributed by atoms with Crippen LogP contribution in [0.1, 0.15) is 78.6 Å². The van der Waals surface area contributed by atoms with Gasteiger partial charge in [-0.2, -0.15) is 0 Å². The topological polar surface area (TPSA) is 26.3 Å². The van der Waals surface area contributed by atoms with E-state index < -0.39 is 0 Å². The molecule has 2 nitrogen and oxygen atoms in total. The molecule has 0 unspecified atom stereocenters. The van der Waals surface area contributed by atoms with Gasteiger partial charge in [0.1, 0.15) is 0 Å². The van der Waals surface area contributed by atoms with Gasteiger partial charge in [-0.05, 0) is 26.2 Å². The number of rotatable bonds is 11. The Bertz CT molecular complexity index is 231. The second kappa shape index (κ2) is 12.7. The molecule has 0 fully saturated rings. The van der Waals surface area contributed by atoms with Crippen LogP contribution in [-0.2, 0) is 9.53 Å². The third-order valence-electron chi connectivity index (χ3n) is 3.06. The lowest BCUT2D eigenvalue weighted by Gasteiger charge is -2.04. The van der Waals surface area contributed by atoms with Gasteiger partial charge in [0.05, 0.1) is 6.61 Å². The molecule has 0 atom stereocenters. The van der Waals surface area contributed by atoms with Crippen LogP contribution in [0.25, 0.3) is 0 Å². The highest BCUT2D eigenvalue weighted by Gasteiger charge is 2.04. The molecule has 106 valence electrons. The molecule has 0 aliphatic rings. The Balaban J connectivity index is 3.58. The van der Waals surface area contributed by atoms with E-state index in [1.165, 1.54) is 38.5 Å². The Hall–Kier alpha value is -0.790. The summed E-state index contributed by atoms with van der Waals surface area (Å²) in [6.07, 6.45) is 12.6. The van der Waals surface area contributed by atoms with Gasteiger partial charge in [0.2, 0.25) is 0 Å². The Kier molecular flexibility index (Phi) is 12.1. The van der Waals surface area contributed by atoms with Crippen LogP contribution in [0.2, 0.25) is 0 Å². The van der Waals surface area contributed by atoms with Crippen molar-refractivity contribution < 1.29 is 9.53 Å². The maximum atomic E-state index is 11.6. The minimum Gasteiger partial charge on any atom is -0.462 e. The van der Waals surface area contributed by atoms with Crippen molar-refractivity contribution in [1.29, 1.82) is 0 Å². The quantitative estimate of drug-likeness (QED) is 0.294. The molecule has 0 saturated heterocycles. The fraction of sp³-hybridized carbons (Fsp3) is 0.812. The zero-order chi connectivity index (χ0) is 13.6. The second-order valence-corrected chi connectivity index (χ2v) is 4.93. The first-order valence-corrected chi connectivity index (χ1v) is 7.56.